The van der Waals surface area contributed by atoms with Crippen molar-refractivity contribution in [3.63, 3.8) is 0 Å². The molecule has 1 unspecified atom stereocenters. The highest BCUT2D eigenvalue weighted by Gasteiger charge is 2.46. The van der Waals surface area contributed by atoms with Gasteiger partial charge in [0.15, 0.2) is 14.6 Å². The second-order valence-electron chi connectivity index (χ2n) is 4.24. The Morgan fingerprint density at radius 1 is 1.19 bits per heavy atom. The van der Waals surface area contributed by atoms with Gasteiger partial charge in [-0.05, 0) is 12.8 Å². The van der Waals surface area contributed by atoms with Gasteiger partial charge in [-0.15, -0.1) is 0 Å². The molecule has 96 valence electrons. The zero-order chi connectivity index (χ0) is 12.8. The molecule has 0 saturated carbocycles. The molecule has 0 rings (SSSR count). The van der Waals surface area contributed by atoms with Gasteiger partial charge in [0.25, 0.3) is 0 Å². The van der Waals surface area contributed by atoms with Gasteiger partial charge in [0.2, 0.25) is 0 Å². The van der Waals surface area contributed by atoms with Gasteiger partial charge in [-0.25, -0.2) is 8.42 Å². The Balaban J connectivity index is 4.75. The molecule has 0 bridgehead atoms. The molecule has 0 aromatic rings. The van der Waals surface area contributed by atoms with Crippen LogP contribution in [-0.4, -0.2) is 30.5 Å². The van der Waals surface area contributed by atoms with E-state index in [0.29, 0.717) is 6.42 Å². The summed E-state index contributed by atoms with van der Waals surface area (Å²) in [5.41, 5.74) is 0. The van der Waals surface area contributed by atoms with Crippen LogP contribution in [0.3, 0.4) is 0 Å². The topological polar surface area (TPSA) is 71.4 Å². The molecule has 0 aromatic heterocycles. The standard InChI is InChI=1S/C11H22O4S/c1-4-6-7-8-9-11(5-2,10(12)13)16(3,14)15/h4-9H2,1-3H3,(H,12,13). The molecule has 1 N–H and O–H groups in total. The van der Waals surface area contributed by atoms with E-state index in [1.54, 1.807) is 6.92 Å². The molecule has 0 aromatic carbocycles. The van der Waals surface area contributed by atoms with Gasteiger partial charge < -0.3 is 5.11 Å². The summed E-state index contributed by atoms with van der Waals surface area (Å²) < 4.78 is 21.6. The number of hydrogen-bond donors (Lipinski definition) is 1. The Bertz CT molecular complexity index is 321. The summed E-state index contributed by atoms with van der Waals surface area (Å²) in [4.78, 5) is 11.2. The molecule has 16 heavy (non-hydrogen) atoms. The Hall–Kier alpha value is -0.580. The van der Waals surface area contributed by atoms with Gasteiger partial charge >= 0.3 is 5.97 Å². The van der Waals surface area contributed by atoms with Gasteiger partial charge in [-0.1, -0.05) is 39.5 Å². The number of carbonyl (C=O) groups is 1. The van der Waals surface area contributed by atoms with Gasteiger partial charge in [-0.2, -0.15) is 0 Å². The first-order valence-electron chi connectivity index (χ1n) is 5.74. The zero-order valence-electron chi connectivity index (χ0n) is 10.3. The Labute approximate surface area is 98.0 Å². The van der Waals surface area contributed by atoms with E-state index in [-0.39, 0.29) is 12.8 Å². The molecule has 4 nitrogen and oxygen atoms in total. The van der Waals surface area contributed by atoms with Crippen LogP contribution >= 0.6 is 0 Å². The van der Waals surface area contributed by atoms with Gasteiger partial charge in [0.05, 0.1) is 0 Å². The summed E-state index contributed by atoms with van der Waals surface area (Å²) in [6.07, 6.45) is 4.98. The average molecular weight is 250 g/mol. The zero-order valence-corrected chi connectivity index (χ0v) is 11.1. The number of rotatable bonds is 8. The van der Waals surface area contributed by atoms with Gasteiger partial charge in [0, 0.05) is 6.26 Å². The molecule has 0 heterocycles. The van der Waals surface area contributed by atoms with Gasteiger partial charge in [0.1, 0.15) is 0 Å². The third kappa shape index (κ3) is 3.47. The van der Waals surface area contributed by atoms with E-state index < -0.39 is 20.6 Å². The molecular formula is C11H22O4S. The minimum absolute atomic E-state index is 0.132. The summed E-state index contributed by atoms with van der Waals surface area (Å²) in [7, 11) is -3.56. The Morgan fingerprint density at radius 3 is 2.06 bits per heavy atom. The van der Waals surface area contributed by atoms with E-state index in [4.69, 9.17) is 5.11 Å². The fraction of sp³-hybridized carbons (Fsp3) is 0.909. The quantitative estimate of drug-likeness (QED) is 0.671. The number of hydrogen-bond acceptors (Lipinski definition) is 3. The van der Waals surface area contributed by atoms with Crippen molar-refractivity contribution in [3.8, 4) is 0 Å². The summed E-state index contributed by atoms with van der Waals surface area (Å²) in [5, 5.41) is 9.14. The molecule has 1 atom stereocenters. The number of unbranched alkanes of at least 4 members (excludes halogenated alkanes) is 3. The lowest BCUT2D eigenvalue weighted by Crippen LogP contribution is -2.45. The maximum Gasteiger partial charge on any atom is 0.325 e. The second-order valence-corrected chi connectivity index (χ2v) is 6.56. The largest absolute Gasteiger partial charge is 0.480 e. The van der Waals surface area contributed by atoms with Crippen molar-refractivity contribution < 1.29 is 18.3 Å². The van der Waals surface area contributed by atoms with Crippen molar-refractivity contribution in [2.24, 2.45) is 0 Å². The molecule has 0 aliphatic rings. The minimum atomic E-state index is -3.56. The fourth-order valence-electron chi connectivity index (χ4n) is 1.88. The van der Waals surface area contributed by atoms with Crippen molar-refractivity contribution in [1.82, 2.24) is 0 Å². The summed E-state index contributed by atoms with van der Waals surface area (Å²) in [5.74, 6) is -1.21. The van der Waals surface area contributed by atoms with Crippen LogP contribution in [0.2, 0.25) is 0 Å². The third-order valence-corrected chi connectivity index (χ3v) is 5.19. The summed E-state index contributed by atoms with van der Waals surface area (Å²) in [6, 6.07) is 0. The van der Waals surface area contributed by atoms with Gasteiger partial charge in [-0.3, -0.25) is 4.79 Å². The fourth-order valence-corrected chi connectivity index (χ4v) is 3.24. The van der Waals surface area contributed by atoms with E-state index in [9.17, 15) is 13.2 Å². The van der Waals surface area contributed by atoms with Crippen molar-refractivity contribution in [1.29, 1.82) is 0 Å². The van der Waals surface area contributed by atoms with Crippen molar-refractivity contribution in [2.75, 3.05) is 6.26 Å². The lowest BCUT2D eigenvalue weighted by atomic mass is 9.97. The third-order valence-electron chi connectivity index (χ3n) is 3.10. The van der Waals surface area contributed by atoms with Crippen LogP contribution in [0.25, 0.3) is 0 Å². The van der Waals surface area contributed by atoms with Crippen molar-refractivity contribution in [2.45, 2.75) is 57.1 Å². The van der Waals surface area contributed by atoms with Crippen LogP contribution in [0.1, 0.15) is 52.4 Å². The summed E-state index contributed by atoms with van der Waals surface area (Å²) in [6.45, 7) is 3.68. The van der Waals surface area contributed by atoms with Crippen LogP contribution in [0.15, 0.2) is 0 Å². The van der Waals surface area contributed by atoms with Crippen molar-refractivity contribution >= 4 is 15.8 Å². The highest BCUT2D eigenvalue weighted by atomic mass is 32.2. The maximum absolute atomic E-state index is 11.6. The number of carboxylic acid groups (broad SMARTS) is 1. The van der Waals surface area contributed by atoms with Crippen LogP contribution in [0.4, 0.5) is 0 Å². The van der Waals surface area contributed by atoms with Crippen molar-refractivity contribution in [3.05, 3.63) is 0 Å². The molecule has 5 heteroatoms. The first-order valence-corrected chi connectivity index (χ1v) is 7.64. The highest BCUT2D eigenvalue weighted by molar-refractivity contribution is 7.92. The van der Waals surface area contributed by atoms with Crippen LogP contribution in [-0.2, 0) is 14.6 Å². The van der Waals surface area contributed by atoms with Crippen LogP contribution in [0.5, 0.6) is 0 Å². The molecule has 0 amide bonds. The Morgan fingerprint density at radius 2 is 1.75 bits per heavy atom. The van der Waals surface area contributed by atoms with Crippen LogP contribution in [0, 0.1) is 0 Å². The van der Waals surface area contributed by atoms with E-state index in [2.05, 4.69) is 6.92 Å². The van der Waals surface area contributed by atoms with E-state index in [1.165, 1.54) is 0 Å². The second kappa shape index (κ2) is 6.23. The normalized spacial score (nSPS) is 15.7. The smallest absolute Gasteiger partial charge is 0.325 e. The number of sulfone groups is 1. The first kappa shape index (κ1) is 15.4. The predicted molar refractivity (Wildman–Crippen MR) is 64.3 cm³/mol. The SMILES string of the molecule is CCCCCCC(CC)(C(=O)O)S(C)(=O)=O. The predicted octanol–water partition coefficient (Wildman–Crippen LogP) is 2.23. The molecule has 0 aliphatic heterocycles. The monoisotopic (exact) mass is 250 g/mol. The molecule has 0 fully saturated rings. The molecule has 0 saturated heterocycles. The van der Waals surface area contributed by atoms with E-state index in [1.807, 2.05) is 0 Å². The summed E-state index contributed by atoms with van der Waals surface area (Å²) >= 11 is 0. The number of carboxylic acids is 1. The van der Waals surface area contributed by atoms with E-state index in [0.717, 1.165) is 25.5 Å². The van der Waals surface area contributed by atoms with E-state index >= 15 is 0 Å². The lowest BCUT2D eigenvalue weighted by molar-refractivity contribution is -0.140. The Kier molecular flexibility index (Phi) is 6.00. The first-order chi connectivity index (χ1) is 7.31. The molecule has 0 aliphatic carbocycles. The molecule has 0 radical (unpaired) electrons. The van der Waals surface area contributed by atoms with Crippen LogP contribution < -0.4 is 0 Å². The maximum atomic E-state index is 11.6. The average Bonchev–Trinajstić information content (AvgIpc) is 2.15. The molecular weight excluding hydrogens is 228 g/mol. The minimum Gasteiger partial charge on any atom is -0.480 e. The highest BCUT2D eigenvalue weighted by Crippen LogP contribution is 2.28. The number of aliphatic carboxylic acids is 1. The lowest BCUT2D eigenvalue weighted by Gasteiger charge is -2.25. The molecule has 0 spiro atoms.